The fourth-order valence-corrected chi connectivity index (χ4v) is 3.30. The number of carbonyl (C=O) groups is 1. The second-order valence-corrected chi connectivity index (χ2v) is 7.74. The monoisotopic (exact) mass is 415 g/mol. The summed E-state index contributed by atoms with van der Waals surface area (Å²) in [6, 6.07) is 21.4. The Morgan fingerprint density at radius 2 is 1.71 bits per heavy atom. The molecular formula is C25H25N3O3. The standard InChI is InChI=1S/C25H25N3O3/c1-18-6-10-20(11-7-18)24-15-23(26-31-24)25(29)28(17-22-5-4-14-30-22)16-19-8-12-21(13-9-19)27(2)3/h4-15H,16-17H2,1-3H3. The van der Waals surface area contributed by atoms with E-state index in [1.165, 1.54) is 0 Å². The van der Waals surface area contributed by atoms with Crippen molar-refractivity contribution in [3.63, 3.8) is 0 Å². The quantitative estimate of drug-likeness (QED) is 0.418. The zero-order chi connectivity index (χ0) is 21.8. The van der Waals surface area contributed by atoms with E-state index >= 15 is 0 Å². The highest BCUT2D eigenvalue weighted by Gasteiger charge is 2.22. The Morgan fingerprint density at radius 3 is 2.35 bits per heavy atom. The van der Waals surface area contributed by atoms with Gasteiger partial charge in [0.25, 0.3) is 5.91 Å². The van der Waals surface area contributed by atoms with Crippen LogP contribution in [0.3, 0.4) is 0 Å². The number of carbonyl (C=O) groups excluding carboxylic acids is 1. The molecule has 6 heteroatoms. The van der Waals surface area contributed by atoms with Crippen LogP contribution in [0.4, 0.5) is 5.69 Å². The summed E-state index contributed by atoms with van der Waals surface area (Å²) in [6.07, 6.45) is 1.61. The fraction of sp³-hybridized carbons (Fsp3) is 0.200. The van der Waals surface area contributed by atoms with Crippen molar-refractivity contribution in [1.82, 2.24) is 10.1 Å². The molecule has 4 rings (SSSR count). The molecule has 0 bridgehead atoms. The highest BCUT2D eigenvalue weighted by Crippen LogP contribution is 2.23. The Hall–Kier alpha value is -3.80. The summed E-state index contributed by atoms with van der Waals surface area (Å²) >= 11 is 0. The van der Waals surface area contributed by atoms with Crippen LogP contribution in [0.25, 0.3) is 11.3 Å². The first-order valence-electron chi connectivity index (χ1n) is 10.1. The van der Waals surface area contributed by atoms with E-state index in [4.69, 9.17) is 8.94 Å². The van der Waals surface area contributed by atoms with Crippen molar-refractivity contribution in [2.24, 2.45) is 0 Å². The maximum Gasteiger partial charge on any atom is 0.276 e. The largest absolute Gasteiger partial charge is 0.467 e. The fourth-order valence-electron chi connectivity index (χ4n) is 3.30. The number of rotatable bonds is 7. The molecule has 0 fully saturated rings. The highest BCUT2D eigenvalue weighted by atomic mass is 16.5. The first-order valence-corrected chi connectivity index (χ1v) is 10.1. The Kier molecular flexibility index (Phi) is 5.89. The predicted octanol–water partition coefficient (Wildman–Crippen LogP) is 5.15. The zero-order valence-electron chi connectivity index (χ0n) is 17.9. The highest BCUT2D eigenvalue weighted by molar-refractivity contribution is 5.93. The third-order valence-electron chi connectivity index (χ3n) is 5.11. The summed E-state index contributed by atoms with van der Waals surface area (Å²) in [6.45, 7) is 2.80. The van der Waals surface area contributed by atoms with Gasteiger partial charge in [0.2, 0.25) is 0 Å². The summed E-state index contributed by atoms with van der Waals surface area (Å²) in [5.41, 5.74) is 4.44. The van der Waals surface area contributed by atoms with Gasteiger partial charge in [0.05, 0.1) is 12.8 Å². The van der Waals surface area contributed by atoms with E-state index in [0.717, 1.165) is 22.4 Å². The summed E-state index contributed by atoms with van der Waals surface area (Å²) in [5, 5.41) is 4.04. The topological polar surface area (TPSA) is 62.7 Å². The molecule has 0 N–H and O–H groups in total. The first kappa shape index (κ1) is 20.5. The van der Waals surface area contributed by atoms with Crippen LogP contribution in [-0.2, 0) is 13.1 Å². The number of hydrogen-bond acceptors (Lipinski definition) is 5. The molecular weight excluding hydrogens is 390 g/mol. The minimum absolute atomic E-state index is 0.213. The number of hydrogen-bond donors (Lipinski definition) is 0. The van der Waals surface area contributed by atoms with E-state index < -0.39 is 0 Å². The molecule has 0 aliphatic carbocycles. The molecule has 2 aromatic carbocycles. The number of furan rings is 1. The third-order valence-corrected chi connectivity index (χ3v) is 5.11. The maximum atomic E-state index is 13.3. The average molecular weight is 415 g/mol. The van der Waals surface area contributed by atoms with Crippen LogP contribution in [0.2, 0.25) is 0 Å². The molecule has 0 saturated carbocycles. The minimum atomic E-state index is -0.213. The summed E-state index contributed by atoms with van der Waals surface area (Å²) in [7, 11) is 4.00. The van der Waals surface area contributed by atoms with Crippen LogP contribution in [0.15, 0.2) is 81.9 Å². The van der Waals surface area contributed by atoms with Crippen LogP contribution in [-0.4, -0.2) is 30.1 Å². The molecule has 6 nitrogen and oxygen atoms in total. The Labute approximate surface area is 181 Å². The van der Waals surface area contributed by atoms with Crippen molar-refractivity contribution in [2.45, 2.75) is 20.0 Å². The van der Waals surface area contributed by atoms with Gasteiger partial charge in [-0.05, 0) is 36.8 Å². The molecule has 0 spiro atoms. The summed E-state index contributed by atoms with van der Waals surface area (Å²) < 4.78 is 10.9. The van der Waals surface area contributed by atoms with E-state index in [1.807, 2.05) is 86.6 Å². The van der Waals surface area contributed by atoms with Gasteiger partial charge in [-0.15, -0.1) is 0 Å². The zero-order valence-corrected chi connectivity index (χ0v) is 17.9. The molecule has 2 aromatic heterocycles. The lowest BCUT2D eigenvalue weighted by molar-refractivity contribution is 0.0707. The maximum absolute atomic E-state index is 13.3. The van der Waals surface area contributed by atoms with Gasteiger partial charge in [-0.1, -0.05) is 47.1 Å². The lowest BCUT2D eigenvalue weighted by Gasteiger charge is -2.21. The van der Waals surface area contributed by atoms with E-state index in [1.54, 1.807) is 17.2 Å². The normalized spacial score (nSPS) is 10.8. The molecule has 31 heavy (non-hydrogen) atoms. The lowest BCUT2D eigenvalue weighted by Crippen LogP contribution is -2.30. The van der Waals surface area contributed by atoms with E-state index in [0.29, 0.717) is 24.6 Å². The number of amides is 1. The average Bonchev–Trinajstić information content (AvgIpc) is 3.46. The van der Waals surface area contributed by atoms with E-state index in [2.05, 4.69) is 5.16 Å². The van der Waals surface area contributed by atoms with E-state index in [-0.39, 0.29) is 11.6 Å². The molecule has 158 valence electrons. The molecule has 0 atom stereocenters. The summed E-state index contributed by atoms with van der Waals surface area (Å²) in [4.78, 5) is 17.1. The van der Waals surface area contributed by atoms with Gasteiger partial charge >= 0.3 is 0 Å². The number of aryl methyl sites for hydroxylation is 1. The Morgan fingerprint density at radius 1 is 0.968 bits per heavy atom. The van der Waals surface area contributed by atoms with Gasteiger partial charge in [-0.25, -0.2) is 0 Å². The van der Waals surface area contributed by atoms with Gasteiger partial charge in [0.1, 0.15) is 5.76 Å². The van der Waals surface area contributed by atoms with Gasteiger partial charge in [0, 0.05) is 38.0 Å². The van der Waals surface area contributed by atoms with Crippen LogP contribution in [0.1, 0.15) is 27.4 Å². The van der Waals surface area contributed by atoms with Crippen molar-refractivity contribution >= 4 is 11.6 Å². The van der Waals surface area contributed by atoms with Gasteiger partial charge in [-0.3, -0.25) is 4.79 Å². The Bertz CT molecular complexity index is 1130. The third kappa shape index (κ3) is 4.86. The molecule has 0 aliphatic rings. The predicted molar refractivity (Wildman–Crippen MR) is 120 cm³/mol. The smallest absolute Gasteiger partial charge is 0.276 e. The Balaban J connectivity index is 1.57. The van der Waals surface area contributed by atoms with Crippen molar-refractivity contribution in [3.8, 4) is 11.3 Å². The van der Waals surface area contributed by atoms with Crippen LogP contribution >= 0.6 is 0 Å². The molecule has 0 aliphatic heterocycles. The first-order chi connectivity index (χ1) is 15.0. The summed E-state index contributed by atoms with van der Waals surface area (Å²) in [5.74, 6) is 1.06. The van der Waals surface area contributed by atoms with E-state index in [9.17, 15) is 4.79 Å². The van der Waals surface area contributed by atoms with Gasteiger partial charge in [-0.2, -0.15) is 0 Å². The molecule has 0 saturated heterocycles. The number of nitrogens with zero attached hydrogens (tertiary/aromatic N) is 3. The van der Waals surface area contributed by atoms with Crippen LogP contribution in [0.5, 0.6) is 0 Å². The lowest BCUT2D eigenvalue weighted by atomic mass is 10.1. The molecule has 0 unspecified atom stereocenters. The minimum Gasteiger partial charge on any atom is -0.467 e. The number of anilines is 1. The second kappa shape index (κ2) is 8.92. The molecule has 2 heterocycles. The second-order valence-electron chi connectivity index (χ2n) is 7.74. The number of aromatic nitrogens is 1. The SMILES string of the molecule is Cc1ccc(-c2cc(C(=O)N(Cc3ccc(N(C)C)cc3)Cc3ccco3)no2)cc1. The molecule has 4 aromatic rings. The van der Waals surface area contributed by atoms with Crippen molar-refractivity contribution < 1.29 is 13.7 Å². The number of benzene rings is 2. The molecule has 0 radical (unpaired) electrons. The van der Waals surface area contributed by atoms with Crippen molar-refractivity contribution in [2.75, 3.05) is 19.0 Å². The van der Waals surface area contributed by atoms with Gasteiger partial charge in [0.15, 0.2) is 11.5 Å². The van der Waals surface area contributed by atoms with Crippen LogP contribution in [0, 0.1) is 6.92 Å². The molecule has 1 amide bonds. The van der Waals surface area contributed by atoms with Crippen molar-refractivity contribution in [3.05, 3.63) is 95.6 Å². The van der Waals surface area contributed by atoms with Crippen molar-refractivity contribution in [1.29, 1.82) is 0 Å². The van der Waals surface area contributed by atoms with Crippen LogP contribution < -0.4 is 4.90 Å². The van der Waals surface area contributed by atoms with Gasteiger partial charge < -0.3 is 18.7 Å².